The molecule has 1 saturated heterocycles. The summed E-state index contributed by atoms with van der Waals surface area (Å²) in [5.74, 6) is 0.396. The molecule has 0 atom stereocenters. The van der Waals surface area contributed by atoms with Crippen LogP contribution in [0.25, 0.3) is 0 Å². The van der Waals surface area contributed by atoms with Crippen LogP contribution < -0.4 is 9.80 Å². The number of anilines is 2. The van der Waals surface area contributed by atoms with Gasteiger partial charge in [0, 0.05) is 56.2 Å². The Bertz CT molecular complexity index is 822. The fraction of sp³-hybridized carbons (Fsp3) is 0.368. The molecule has 3 rings (SSSR count). The lowest BCUT2D eigenvalue weighted by Crippen LogP contribution is -2.52. The molecule has 7 nitrogen and oxygen atoms in total. The third-order valence-corrected chi connectivity index (χ3v) is 5.08. The molecule has 0 unspecified atom stereocenters. The maximum Gasteiger partial charge on any atom is 0.242 e. The maximum absolute atomic E-state index is 12.8. The third kappa shape index (κ3) is 4.36. The van der Waals surface area contributed by atoms with Crippen LogP contribution in [0.15, 0.2) is 36.7 Å². The first-order valence-electron chi connectivity index (χ1n) is 8.80. The van der Waals surface area contributed by atoms with Gasteiger partial charge in [-0.2, -0.15) is 0 Å². The van der Waals surface area contributed by atoms with Crippen molar-refractivity contribution in [3.63, 3.8) is 0 Å². The lowest BCUT2D eigenvalue weighted by Gasteiger charge is -2.35. The average molecular weight is 388 g/mol. The second-order valence-corrected chi connectivity index (χ2v) is 6.81. The van der Waals surface area contributed by atoms with Crippen LogP contribution >= 0.6 is 11.6 Å². The number of carbonyl (C=O) groups excluding carboxylic acids is 2. The zero-order chi connectivity index (χ0) is 19.4. The Labute approximate surface area is 163 Å². The molecule has 1 aliphatic heterocycles. The van der Waals surface area contributed by atoms with Crippen molar-refractivity contribution in [2.24, 2.45) is 0 Å². The number of halogens is 1. The second kappa shape index (κ2) is 8.35. The summed E-state index contributed by atoms with van der Waals surface area (Å²) in [5, 5.41) is 0.572. The van der Waals surface area contributed by atoms with Gasteiger partial charge in [0.05, 0.1) is 0 Å². The first-order valence-corrected chi connectivity index (χ1v) is 9.18. The van der Waals surface area contributed by atoms with E-state index < -0.39 is 0 Å². The summed E-state index contributed by atoms with van der Waals surface area (Å²) in [6.45, 7) is 5.75. The summed E-state index contributed by atoms with van der Waals surface area (Å²) in [4.78, 5) is 38.7. The van der Waals surface area contributed by atoms with E-state index in [9.17, 15) is 9.59 Å². The molecule has 0 radical (unpaired) electrons. The Hall–Kier alpha value is -2.67. The molecule has 0 N–H and O–H groups in total. The van der Waals surface area contributed by atoms with E-state index in [1.165, 1.54) is 11.8 Å². The normalized spacial score (nSPS) is 14.2. The number of nitrogens with zero attached hydrogens (tertiary/aromatic N) is 5. The van der Waals surface area contributed by atoms with Gasteiger partial charge in [0.1, 0.15) is 6.54 Å². The van der Waals surface area contributed by atoms with E-state index in [4.69, 9.17) is 11.6 Å². The first-order chi connectivity index (χ1) is 13.0. The highest BCUT2D eigenvalue weighted by Crippen LogP contribution is 2.26. The highest BCUT2D eigenvalue weighted by atomic mass is 35.5. The zero-order valence-electron chi connectivity index (χ0n) is 15.4. The summed E-state index contributed by atoms with van der Waals surface area (Å²) < 4.78 is 0. The molecular formula is C19H22ClN5O2. The van der Waals surface area contributed by atoms with Crippen molar-refractivity contribution < 1.29 is 9.59 Å². The molecule has 2 aromatic rings. The van der Waals surface area contributed by atoms with Gasteiger partial charge in [0.25, 0.3) is 0 Å². The minimum Gasteiger partial charge on any atom is -0.338 e. The van der Waals surface area contributed by atoms with Crippen molar-refractivity contribution >= 4 is 35.1 Å². The summed E-state index contributed by atoms with van der Waals surface area (Å²) >= 11 is 6.17. The zero-order valence-corrected chi connectivity index (χ0v) is 16.2. The van der Waals surface area contributed by atoms with Gasteiger partial charge >= 0.3 is 0 Å². The molecule has 27 heavy (non-hydrogen) atoms. The van der Waals surface area contributed by atoms with Crippen LogP contribution in [0, 0.1) is 6.92 Å². The minimum atomic E-state index is -0.190. The van der Waals surface area contributed by atoms with Crippen LogP contribution in [0.4, 0.5) is 11.6 Å². The van der Waals surface area contributed by atoms with Crippen molar-refractivity contribution in [3.8, 4) is 0 Å². The molecule has 1 aromatic carbocycles. The summed E-state index contributed by atoms with van der Waals surface area (Å²) in [6, 6.07) is 7.13. The smallest absolute Gasteiger partial charge is 0.242 e. The van der Waals surface area contributed by atoms with Crippen LogP contribution in [0.1, 0.15) is 12.5 Å². The number of amides is 2. The summed E-state index contributed by atoms with van der Waals surface area (Å²) in [5.41, 5.74) is 1.45. The van der Waals surface area contributed by atoms with E-state index in [0.717, 1.165) is 5.56 Å². The predicted octanol–water partition coefficient (Wildman–Crippen LogP) is 2.14. The molecule has 0 bridgehead atoms. The van der Waals surface area contributed by atoms with Gasteiger partial charge in [0.15, 0.2) is 0 Å². The lowest BCUT2D eigenvalue weighted by atomic mass is 10.1. The monoisotopic (exact) mass is 387 g/mol. The quantitative estimate of drug-likeness (QED) is 0.803. The number of carbonyl (C=O) groups is 2. The molecule has 1 aromatic heterocycles. The van der Waals surface area contributed by atoms with Gasteiger partial charge in [-0.1, -0.05) is 17.7 Å². The Balaban J connectivity index is 1.65. The minimum absolute atomic E-state index is 0.00163. The van der Waals surface area contributed by atoms with Crippen LogP contribution in [-0.4, -0.2) is 59.4 Å². The molecule has 142 valence electrons. The van der Waals surface area contributed by atoms with Crippen molar-refractivity contribution in [2.75, 3.05) is 42.5 Å². The van der Waals surface area contributed by atoms with Gasteiger partial charge in [0.2, 0.25) is 17.8 Å². The Morgan fingerprint density at radius 1 is 1.11 bits per heavy atom. The summed E-state index contributed by atoms with van der Waals surface area (Å²) in [6.07, 6.45) is 3.41. The van der Waals surface area contributed by atoms with Crippen molar-refractivity contribution in [1.82, 2.24) is 14.9 Å². The molecule has 8 heteroatoms. The van der Waals surface area contributed by atoms with E-state index in [1.807, 2.05) is 11.8 Å². The summed E-state index contributed by atoms with van der Waals surface area (Å²) in [7, 11) is 0. The average Bonchev–Trinajstić information content (AvgIpc) is 2.69. The Morgan fingerprint density at radius 2 is 1.78 bits per heavy atom. The molecule has 1 aliphatic rings. The topological polar surface area (TPSA) is 69.6 Å². The largest absolute Gasteiger partial charge is 0.338 e. The van der Waals surface area contributed by atoms with Crippen molar-refractivity contribution in [3.05, 3.63) is 47.2 Å². The Kier molecular flexibility index (Phi) is 5.91. The highest BCUT2D eigenvalue weighted by molar-refractivity contribution is 6.31. The van der Waals surface area contributed by atoms with E-state index in [2.05, 4.69) is 9.97 Å². The maximum atomic E-state index is 12.8. The molecule has 0 spiro atoms. The number of aromatic nitrogens is 2. The number of hydrogen-bond donors (Lipinski definition) is 0. The van der Waals surface area contributed by atoms with Crippen LogP contribution in [-0.2, 0) is 9.59 Å². The van der Waals surface area contributed by atoms with E-state index in [1.54, 1.807) is 41.6 Å². The molecule has 1 fully saturated rings. The first kappa shape index (κ1) is 19.1. The molecule has 0 aliphatic carbocycles. The fourth-order valence-electron chi connectivity index (χ4n) is 3.10. The van der Waals surface area contributed by atoms with Crippen molar-refractivity contribution in [1.29, 1.82) is 0 Å². The van der Waals surface area contributed by atoms with E-state index in [0.29, 0.717) is 42.8 Å². The standard InChI is InChI=1S/C19H22ClN5O2/c1-14-16(20)5-3-6-17(14)25(15(2)26)13-18(27)23-9-11-24(12-10-23)19-21-7-4-8-22-19/h3-8H,9-13H2,1-2H3. The van der Waals surface area contributed by atoms with Crippen molar-refractivity contribution in [2.45, 2.75) is 13.8 Å². The third-order valence-electron chi connectivity index (χ3n) is 4.67. The Morgan fingerprint density at radius 3 is 2.41 bits per heavy atom. The second-order valence-electron chi connectivity index (χ2n) is 6.41. The number of benzene rings is 1. The number of piperazine rings is 1. The molecular weight excluding hydrogens is 366 g/mol. The van der Waals surface area contributed by atoms with Gasteiger partial charge < -0.3 is 14.7 Å². The van der Waals surface area contributed by atoms with Crippen LogP contribution in [0.3, 0.4) is 0 Å². The number of rotatable bonds is 4. The van der Waals surface area contributed by atoms with Gasteiger partial charge in [-0.15, -0.1) is 0 Å². The van der Waals surface area contributed by atoms with Gasteiger partial charge in [-0.25, -0.2) is 9.97 Å². The van der Waals surface area contributed by atoms with E-state index in [-0.39, 0.29) is 18.4 Å². The molecule has 2 heterocycles. The predicted molar refractivity (Wildman–Crippen MR) is 105 cm³/mol. The van der Waals surface area contributed by atoms with Gasteiger partial charge in [-0.05, 0) is 30.7 Å². The SMILES string of the molecule is CC(=O)N(CC(=O)N1CCN(c2ncccn2)CC1)c1cccc(Cl)c1C. The fourth-order valence-corrected chi connectivity index (χ4v) is 3.27. The van der Waals surface area contributed by atoms with E-state index >= 15 is 0 Å². The highest BCUT2D eigenvalue weighted by Gasteiger charge is 2.26. The number of hydrogen-bond acceptors (Lipinski definition) is 5. The van der Waals surface area contributed by atoms with Crippen LogP contribution in [0.5, 0.6) is 0 Å². The lowest BCUT2D eigenvalue weighted by molar-refractivity contribution is -0.131. The van der Waals surface area contributed by atoms with Gasteiger partial charge in [-0.3, -0.25) is 9.59 Å². The van der Waals surface area contributed by atoms with Crippen LogP contribution in [0.2, 0.25) is 5.02 Å². The molecule has 0 saturated carbocycles. The molecule has 2 amide bonds.